The quantitative estimate of drug-likeness (QED) is 0.873. The van der Waals surface area contributed by atoms with E-state index in [1.807, 2.05) is 6.07 Å². The van der Waals surface area contributed by atoms with Crippen LogP contribution in [-0.4, -0.2) is 18.0 Å². The van der Waals surface area contributed by atoms with Gasteiger partial charge in [0.15, 0.2) is 0 Å². The van der Waals surface area contributed by atoms with Crippen molar-refractivity contribution >= 4 is 23.2 Å². The molecule has 0 unspecified atom stereocenters. The molecule has 0 saturated carbocycles. The molecular weight excluding hydrogens is 264 g/mol. The van der Waals surface area contributed by atoms with Gasteiger partial charge in [-0.05, 0) is 29.8 Å². The molecule has 2 aromatic rings. The molecule has 1 heterocycles. The minimum Gasteiger partial charge on any atom is -0.480 e. The van der Waals surface area contributed by atoms with Gasteiger partial charge in [-0.15, -0.1) is 11.6 Å². The number of halogens is 1. The van der Waals surface area contributed by atoms with Crippen molar-refractivity contribution < 1.29 is 9.53 Å². The number of aromatic nitrogens is 1. The highest BCUT2D eigenvalue weighted by atomic mass is 35.5. The number of amides is 1. The van der Waals surface area contributed by atoms with Crippen LogP contribution in [0.5, 0.6) is 5.88 Å². The van der Waals surface area contributed by atoms with Gasteiger partial charge < -0.3 is 10.1 Å². The number of methoxy groups -OCH3 is 1. The van der Waals surface area contributed by atoms with Crippen molar-refractivity contribution in [3.8, 4) is 5.88 Å². The van der Waals surface area contributed by atoms with Crippen molar-refractivity contribution in [2.75, 3.05) is 12.4 Å². The zero-order chi connectivity index (χ0) is 13.7. The largest absolute Gasteiger partial charge is 0.480 e. The van der Waals surface area contributed by atoms with Crippen molar-refractivity contribution in [2.45, 2.75) is 5.88 Å². The lowest BCUT2D eigenvalue weighted by Gasteiger charge is -2.09. The van der Waals surface area contributed by atoms with Crippen molar-refractivity contribution in [2.24, 2.45) is 0 Å². The molecule has 0 aliphatic carbocycles. The third-order valence-electron chi connectivity index (χ3n) is 2.56. The van der Waals surface area contributed by atoms with E-state index in [0.29, 0.717) is 23.0 Å². The van der Waals surface area contributed by atoms with Crippen molar-refractivity contribution in [1.82, 2.24) is 4.98 Å². The SMILES string of the molecule is COc1ncccc1NC(=O)c1cccc(CCl)c1. The van der Waals surface area contributed by atoms with E-state index in [-0.39, 0.29) is 5.91 Å². The van der Waals surface area contributed by atoms with E-state index < -0.39 is 0 Å². The zero-order valence-corrected chi connectivity index (χ0v) is 11.1. The fraction of sp³-hybridized carbons (Fsp3) is 0.143. The summed E-state index contributed by atoms with van der Waals surface area (Å²) in [5, 5.41) is 2.76. The van der Waals surface area contributed by atoms with E-state index in [9.17, 15) is 4.79 Å². The van der Waals surface area contributed by atoms with Crippen molar-refractivity contribution in [1.29, 1.82) is 0 Å². The van der Waals surface area contributed by atoms with Gasteiger partial charge in [-0.25, -0.2) is 4.98 Å². The Bertz CT molecular complexity index is 587. The fourth-order valence-electron chi connectivity index (χ4n) is 1.64. The van der Waals surface area contributed by atoms with Gasteiger partial charge in [-0.1, -0.05) is 12.1 Å². The molecule has 2 rings (SSSR count). The number of alkyl halides is 1. The van der Waals surface area contributed by atoms with Crippen LogP contribution in [-0.2, 0) is 5.88 Å². The van der Waals surface area contributed by atoms with Crippen LogP contribution in [0.3, 0.4) is 0 Å². The summed E-state index contributed by atoms with van der Waals surface area (Å²) in [4.78, 5) is 16.1. The molecule has 98 valence electrons. The fourth-order valence-corrected chi connectivity index (χ4v) is 1.81. The second-order valence-corrected chi connectivity index (χ2v) is 4.12. The summed E-state index contributed by atoms with van der Waals surface area (Å²) >= 11 is 5.75. The number of hydrogen-bond acceptors (Lipinski definition) is 3. The predicted molar refractivity (Wildman–Crippen MR) is 74.7 cm³/mol. The lowest BCUT2D eigenvalue weighted by atomic mass is 10.1. The molecule has 1 aromatic heterocycles. The molecule has 1 N–H and O–H groups in total. The summed E-state index contributed by atoms with van der Waals surface area (Å²) in [6.45, 7) is 0. The average molecular weight is 277 g/mol. The molecule has 0 aliphatic rings. The number of nitrogens with one attached hydrogen (secondary N) is 1. The Kier molecular flexibility index (Phi) is 4.36. The standard InChI is InChI=1S/C14H13ClN2O2/c1-19-14-12(6-3-7-16-14)17-13(18)11-5-2-4-10(8-11)9-15/h2-8H,9H2,1H3,(H,17,18). The number of carbonyl (C=O) groups excluding carboxylic acids is 1. The third kappa shape index (κ3) is 3.23. The Labute approximate surface area is 116 Å². The number of nitrogens with zero attached hydrogens (tertiary/aromatic N) is 1. The summed E-state index contributed by atoms with van der Waals surface area (Å²) < 4.78 is 5.08. The topological polar surface area (TPSA) is 51.2 Å². The summed E-state index contributed by atoms with van der Waals surface area (Å²) in [7, 11) is 1.51. The molecule has 0 aliphatic heterocycles. The molecule has 19 heavy (non-hydrogen) atoms. The van der Waals surface area contributed by atoms with Crippen LogP contribution in [0.25, 0.3) is 0 Å². The van der Waals surface area contributed by atoms with Crippen LogP contribution in [0.2, 0.25) is 0 Å². The first-order valence-electron chi connectivity index (χ1n) is 5.70. The summed E-state index contributed by atoms with van der Waals surface area (Å²) in [6, 6.07) is 10.6. The normalized spacial score (nSPS) is 10.0. The summed E-state index contributed by atoms with van der Waals surface area (Å²) in [5.74, 6) is 0.528. The molecular formula is C14H13ClN2O2. The van der Waals surface area contributed by atoms with E-state index in [0.717, 1.165) is 5.56 Å². The lowest BCUT2D eigenvalue weighted by Crippen LogP contribution is -2.13. The number of pyridine rings is 1. The highest BCUT2D eigenvalue weighted by Gasteiger charge is 2.10. The summed E-state index contributed by atoms with van der Waals surface area (Å²) in [5.41, 5.74) is 1.97. The molecule has 4 nitrogen and oxygen atoms in total. The Morgan fingerprint density at radius 2 is 2.21 bits per heavy atom. The maximum Gasteiger partial charge on any atom is 0.255 e. The number of benzene rings is 1. The minimum absolute atomic E-state index is 0.224. The number of anilines is 1. The average Bonchev–Trinajstić information content (AvgIpc) is 2.47. The van der Waals surface area contributed by atoms with Gasteiger partial charge in [0.25, 0.3) is 5.91 Å². The van der Waals surface area contributed by atoms with E-state index in [1.165, 1.54) is 7.11 Å². The molecule has 0 fully saturated rings. The van der Waals surface area contributed by atoms with Crippen LogP contribution < -0.4 is 10.1 Å². The van der Waals surface area contributed by atoms with Gasteiger partial charge in [0, 0.05) is 17.6 Å². The highest BCUT2D eigenvalue weighted by Crippen LogP contribution is 2.20. The molecule has 0 radical (unpaired) electrons. The van der Waals surface area contributed by atoms with Gasteiger partial charge >= 0.3 is 0 Å². The van der Waals surface area contributed by atoms with E-state index in [1.54, 1.807) is 36.5 Å². The van der Waals surface area contributed by atoms with E-state index in [4.69, 9.17) is 16.3 Å². The first-order chi connectivity index (χ1) is 9.24. The number of rotatable bonds is 4. The van der Waals surface area contributed by atoms with Crippen LogP contribution in [0.15, 0.2) is 42.6 Å². The third-order valence-corrected chi connectivity index (χ3v) is 2.86. The molecule has 1 amide bonds. The van der Waals surface area contributed by atoms with Gasteiger partial charge in [0.2, 0.25) is 5.88 Å². The highest BCUT2D eigenvalue weighted by molar-refractivity contribution is 6.17. The number of ether oxygens (including phenoxy) is 1. The number of carbonyl (C=O) groups is 1. The van der Waals surface area contributed by atoms with Gasteiger partial charge in [0.1, 0.15) is 5.69 Å². The smallest absolute Gasteiger partial charge is 0.255 e. The second kappa shape index (κ2) is 6.20. The Morgan fingerprint density at radius 3 is 2.95 bits per heavy atom. The molecule has 0 atom stereocenters. The molecule has 0 saturated heterocycles. The first-order valence-corrected chi connectivity index (χ1v) is 6.23. The Morgan fingerprint density at radius 1 is 1.37 bits per heavy atom. The monoisotopic (exact) mass is 276 g/mol. The van der Waals surface area contributed by atoms with Crippen molar-refractivity contribution in [3.63, 3.8) is 0 Å². The Balaban J connectivity index is 2.20. The van der Waals surface area contributed by atoms with Gasteiger partial charge in [0.05, 0.1) is 7.11 Å². The lowest BCUT2D eigenvalue weighted by molar-refractivity contribution is 0.102. The Hall–Kier alpha value is -2.07. The maximum atomic E-state index is 12.1. The first kappa shape index (κ1) is 13.4. The van der Waals surface area contributed by atoms with Gasteiger partial charge in [-0.3, -0.25) is 4.79 Å². The van der Waals surface area contributed by atoms with Crippen LogP contribution in [0.1, 0.15) is 15.9 Å². The van der Waals surface area contributed by atoms with Crippen molar-refractivity contribution in [3.05, 3.63) is 53.7 Å². The van der Waals surface area contributed by atoms with E-state index in [2.05, 4.69) is 10.3 Å². The maximum absolute atomic E-state index is 12.1. The number of hydrogen-bond donors (Lipinski definition) is 1. The summed E-state index contributed by atoms with van der Waals surface area (Å²) in [6.07, 6.45) is 1.60. The van der Waals surface area contributed by atoms with Gasteiger partial charge in [-0.2, -0.15) is 0 Å². The van der Waals surface area contributed by atoms with E-state index >= 15 is 0 Å². The molecule has 5 heteroatoms. The van der Waals surface area contributed by atoms with Crippen LogP contribution in [0.4, 0.5) is 5.69 Å². The van der Waals surface area contributed by atoms with Crippen LogP contribution >= 0.6 is 11.6 Å². The molecule has 0 spiro atoms. The molecule has 0 bridgehead atoms. The zero-order valence-electron chi connectivity index (χ0n) is 10.4. The predicted octanol–water partition coefficient (Wildman–Crippen LogP) is 3.08. The minimum atomic E-state index is -0.224. The molecule has 1 aromatic carbocycles. The van der Waals surface area contributed by atoms with Crippen LogP contribution in [0, 0.1) is 0 Å². The second-order valence-electron chi connectivity index (χ2n) is 3.85.